The molecule has 0 amide bonds. The lowest BCUT2D eigenvalue weighted by Crippen LogP contribution is -2.23. The van der Waals surface area contributed by atoms with E-state index in [2.05, 4.69) is 0 Å². The molecule has 0 fully saturated rings. The molecule has 21 heavy (non-hydrogen) atoms. The second-order valence-corrected chi connectivity index (χ2v) is 7.59. The molecule has 112 valence electrons. The summed E-state index contributed by atoms with van der Waals surface area (Å²) in [5.41, 5.74) is 9.01. The number of hydrogen-bond acceptors (Lipinski definition) is 3. The number of benzene rings is 2. The molecule has 3 nitrogen and oxygen atoms in total. The van der Waals surface area contributed by atoms with Crippen molar-refractivity contribution in [3.05, 3.63) is 64.2 Å². The Morgan fingerprint density at radius 3 is 2.48 bits per heavy atom. The highest BCUT2D eigenvalue weighted by Gasteiger charge is 2.23. The molecule has 2 N–H and O–H groups in total. The first-order valence-electron chi connectivity index (χ1n) is 6.61. The summed E-state index contributed by atoms with van der Waals surface area (Å²) >= 11 is 5.97. The summed E-state index contributed by atoms with van der Waals surface area (Å²) in [6.45, 7) is 3.88. The van der Waals surface area contributed by atoms with E-state index in [1.807, 2.05) is 32.0 Å². The van der Waals surface area contributed by atoms with E-state index in [0.717, 1.165) is 16.7 Å². The smallest absolute Gasteiger partial charge is 0.181 e. The molecule has 0 aliphatic carbocycles. The molecular weight excluding hydrogens is 306 g/mol. The molecule has 0 heterocycles. The molecule has 2 aromatic rings. The summed E-state index contributed by atoms with van der Waals surface area (Å²) in [5.74, 6) is -0.166. The molecular formula is C16H18ClNO2S. The van der Waals surface area contributed by atoms with Gasteiger partial charge in [0.25, 0.3) is 0 Å². The monoisotopic (exact) mass is 323 g/mol. The van der Waals surface area contributed by atoms with E-state index in [1.54, 1.807) is 18.2 Å². The van der Waals surface area contributed by atoms with Gasteiger partial charge in [-0.25, -0.2) is 8.42 Å². The summed E-state index contributed by atoms with van der Waals surface area (Å²) in [6.07, 6.45) is 0. The minimum Gasteiger partial charge on any atom is -0.323 e. The standard InChI is InChI=1S/C16H18ClNO2S/c1-11-7-8-12(2)13(9-11)15(18)10-21(19,20)16-6-4-3-5-14(16)17/h3-9,15H,10,18H2,1-2H3. The molecule has 0 saturated heterocycles. The third-order valence-electron chi connectivity index (χ3n) is 3.40. The third kappa shape index (κ3) is 3.64. The average Bonchev–Trinajstić information content (AvgIpc) is 2.41. The van der Waals surface area contributed by atoms with Crippen LogP contribution < -0.4 is 5.73 Å². The summed E-state index contributed by atoms with van der Waals surface area (Å²) in [4.78, 5) is 0.132. The maximum Gasteiger partial charge on any atom is 0.181 e. The number of hydrogen-bond donors (Lipinski definition) is 1. The van der Waals surface area contributed by atoms with Gasteiger partial charge >= 0.3 is 0 Å². The fraction of sp³-hybridized carbons (Fsp3) is 0.250. The molecule has 0 aliphatic heterocycles. The third-order valence-corrected chi connectivity index (χ3v) is 5.67. The zero-order chi connectivity index (χ0) is 15.6. The van der Waals surface area contributed by atoms with E-state index in [0.29, 0.717) is 0 Å². The quantitative estimate of drug-likeness (QED) is 0.937. The first-order valence-corrected chi connectivity index (χ1v) is 8.64. The Bertz CT molecular complexity index is 757. The van der Waals surface area contributed by atoms with Crippen molar-refractivity contribution in [1.82, 2.24) is 0 Å². The number of nitrogens with two attached hydrogens (primary N) is 1. The van der Waals surface area contributed by atoms with Crippen LogP contribution in [0.25, 0.3) is 0 Å². The van der Waals surface area contributed by atoms with Gasteiger partial charge in [-0.2, -0.15) is 0 Å². The zero-order valence-corrected chi connectivity index (χ0v) is 13.6. The molecule has 2 aromatic carbocycles. The Morgan fingerprint density at radius 2 is 1.81 bits per heavy atom. The number of rotatable bonds is 4. The van der Waals surface area contributed by atoms with Crippen LogP contribution in [0.3, 0.4) is 0 Å². The van der Waals surface area contributed by atoms with Crippen molar-refractivity contribution in [2.75, 3.05) is 5.75 Å². The Labute approximate surface area is 130 Å². The minimum absolute atomic E-state index is 0.132. The van der Waals surface area contributed by atoms with E-state index in [-0.39, 0.29) is 15.7 Å². The Kier molecular flexibility index (Phi) is 4.71. The molecule has 0 aliphatic rings. The summed E-state index contributed by atoms with van der Waals surface area (Å²) in [5, 5.41) is 0.227. The minimum atomic E-state index is -3.52. The highest BCUT2D eigenvalue weighted by atomic mass is 35.5. The first-order chi connectivity index (χ1) is 9.81. The lowest BCUT2D eigenvalue weighted by atomic mass is 10.0. The van der Waals surface area contributed by atoms with E-state index in [4.69, 9.17) is 17.3 Å². The lowest BCUT2D eigenvalue weighted by molar-refractivity contribution is 0.588. The van der Waals surface area contributed by atoms with Crippen LogP contribution in [-0.2, 0) is 9.84 Å². The molecule has 0 bridgehead atoms. The van der Waals surface area contributed by atoms with Gasteiger partial charge in [0.1, 0.15) is 0 Å². The number of halogens is 1. The fourth-order valence-corrected chi connectivity index (χ4v) is 4.24. The van der Waals surface area contributed by atoms with E-state index < -0.39 is 15.9 Å². The summed E-state index contributed by atoms with van der Waals surface area (Å²) in [7, 11) is -3.52. The van der Waals surface area contributed by atoms with Crippen molar-refractivity contribution in [3.8, 4) is 0 Å². The van der Waals surface area contributed by atoms with Crippen molar-refractivity contribution in [2.45, 2.75) is 24.8 Å². The van der Waals surface area contributed by atoms with Crippen molar-refractivity contribution in [2.24, 2.45) is 5.73 Å². The van der Waals surface area contributed by atoms with Crippen LogP contribution in [0.2, 0.25) is 5.02 Å². The van der Waals surface area contributed by atoms with Crippen LogP contribution >= 0.6 is 11.6 Å². The van der Waals surface area contributed by atoms with Gasteiger partial charge in [0.05, 0.1) is 15.7 Å². The molecule has 0 radical (unpaired) electrons. The molecule has 0 saturated carbocycles. The highest BCUT2D eigenvalue weighted by molar-refractivity contribution is 7.91. The largest absolute Gasteiger partial charge is 0.323 e. The topological polar surface area (TPSA) is 60.2 Å². The van der Waals surface area contributed by atoms with Gasteiger partial charge in [0.15, 0.2) is 9.84 Å². The van der Waals surface area contributed by atoms with Crippen molar-refractivity contribution >= 4 is 21.4 Å². The van der Waals surface area contributed by atoms with Crippen LogP contribution in [0.15, 0.2) is 47.4 Å². The molecule has 0 spiro atoms. The van der Waals surface area contributed by atoms with Gasteiger partial charge < -0.3 is 5.73 Å². The molecule has 2 rings (SSSR count). The second-order valence-electron chi connectivity index (χ2n) is 5.18. The maximum atomic E-state index is 12.5. The highest BCUT2D eigenvalue weighted by Crippen LogP contribution is 2.26. The van der Waals surface area contributed by atoms with Gasteiger partial charge in [-0.15, -0.1) is 0 Å². The summed E-state index contributed by atoms with van der Waals surface area (Å²) in [6, 6.07) is 11.7. The van der Waals surface area contributed by atoms with Gasteiger partial charge in [-0.05, 0) is 37.1 Å². The van der Waals surface area contributed by atoms with Gasteiger partial charge in [-0.3, -0.25) is 0 Å². The van der Waals surface area contributed by atoms with E-state index in [1.165, 1.54) is 6.07 Å². The van der Waals surface area contributed by atoms with Crippen LogP contribution in [0, 0.1) is 13.8 Å². The maximum absolute atomic E-state index is 12.5. The Balaban J connectivity index is 2.33. The molecule has 1 unspecified atom stereocenters. The SMILES string of the molecule is Cc1ccc(C)c(C(N)CS(=O)(=O)c2ccccc2Cl)c1. The van der Waals surface area contributed by atoms with E-state index >= 15 is 0 Å². The van der Waals surface area contributed by atoms with Gasteiger partial charge in [0.2, 0.25) is 0 Å². The predicted octanol–water partition coefficient (Wildman–Crippen LogP) is 3.43. The van der Waals surface area contributed by atoms with Crippen LogP contribution in [0.1, 0.15) is 22.7 Å². The van der Waals surface area contributed by atoms with Crippen molar-refractivity contribution < 1.29 is 8.42 Å². The average molecular weight is 324 g/mol. The zero-order valence-electron chi connectivity index (χ0n) is 12.0. The van der Waals surface area contributed by atoms with Gasteiger partial charge in [-0.1, -0.05) is 47.5 Å². The number of aryl methyl sites for hydroxylation is 2. The van der Waals surface area contributed by atoms with Gasteiger partial charge in [0, 0.05) is 6.04 Å². The van der Waals surface area contributed by atoms with E-state index in [9.17, 15) is 8.42 Å². The lowest BCUT2D eigenvalue weighted by Gasteiger charge is -2.16. The predicted molar refractivity (Wildman–Crippen MR) is 86.3 cm³/mol. The Hall–Kier alpha value is -1.36. The molecule has 1 atom stereocenters. The number of sulfone groups is 1. The molecule has 5 heteroatoms. The van der Waals surface area contributed by atoms with Crippen LogP contribution in [0.4, 0.5) is 0 Å². The molecule has 0 aromatic heterocycles. The summed E-state index contributed by atoms with van der Waals surface area (Å²) < 4.78 is 24.9. The van der Waals surface area contributed by atoms with Crippen molar-refractivity contribution in [3.63, 3.8) is 0 Å². The Morgan fingerprint density at radius 1 is 1.14 bits per heavy atom. The van der Waals surface area contributed by atoms with Crippen LogP contribution in [0.5, 0.6) is 0 Å². The van der Waals surface area contributed by atoms with Crippen molar-refractivity contribution in [1.29, 1.82) is 0 Å². The van der Waals surface area contributed by atoms with Crippen LogP contribution in [-0.4, -0.2) is 14.2 Å². The normalized spacial score (nSPS) is 13.1. The first kappa shape index (κ1) is 16.0. The fourth-order valence-electron chi connectivity index (χ4n) is 2.27. The second kappa shape index (κ2) is 6.18.